The molecule has 2 rings (SSSR count). The molecule has 0 spiro atoms. The Morgan fingerprint density at radius 2 is 1.95 bits per heavy atom. The molecule has 1 aromatic carbocycles. The first kappa shape index (κ1) is 14.3. The van der Waals surface area contributed by atoms with Crippen molar-refractivity contribution < 1.29 is 9.84 Å². The van der Waals surface area contributed by atoms with E-state index >= 15 is 0 Å². The van der Waals surface area contributed by atoms with Crippen LogP contribution >= 0.6 is 0 Å². The third-order valence-corrected chi connectivity index (χ3v) is 3.22. The molecule has 0 radical (unpaired) electrons. The summed E-state index contributed by atoms with van der Waals surface area (Å²) in [4.78, 5) is 6.39. The van der Waals surface area contributed by atoms with E-state index in [1.165, 1.54) is 5.56 Å². The van der Waals surface area contributed by atoms with Gasteiger partial charge in [-0.15, -0.1) is 0 Å². The van der Waals surface area contributed by atoms with Gasteiger partial charge in [0.15, 0.2) is 0 Å². The molecule has 1 heterocycles. The van der Waals surface area contributed by atoms with Gasteiger partial charge in [0, 0.05) is 19.8 Å². The van der Waals surface area contributed by atoms with Crippen molar-refractivity contribution in [1.29, 1.82) is 0 Å². The van der Waals surface area contributed by atoms with E-state index in [0.717, 1.165) is 23.7 Å². The molecule has 106 valence electrons. The molecular formula is C16H20N2O2. The molecule has 1 aromatic heterocycles. The number of anilines is 1. The average Bonchev–Trinajstić information content (AvgIpc) is 2.48. The Labute approximate surface area is 119 Å². The summed E-state index contributed by atoms with van der Waals surface area (Å²) in [5.41, 5.74) is 2.05. The van der Waals surface area contributed by atoms with Crippen molar-refractivity contribution in [2.75, 3.05) is 19.1 Å². The molecule has 0 saturated carbocycles. The number of hydrogen-bond acceptors (Lipinski definition) is 4. The molecule has 0 aliphatic carbocycles. The fourth-order valence-electron chi connectivity index (χ4n) is 1.99. The Balaban J connectivity index is 2.10. The van der Waals surface area contributed by atoms with Crippen LogP contribution in [0.1, 0.15) is 24.2 Å². The lowest BCUT2D eigenvalue weighted by Crippen LogP contribution is -2.17. The first-order valence-corrected chi connectivity index (χ1v) is 6.58. The highest BCUT2D eigenvalue weighted by Gasteiger charge is 2.07. The van der Waals surface area contributed by atoms with Gasteiger partial charge in [-0.2, -0.15) is 0 Å². The largest absolute Gasteiger partial charge is 0.497 e. The van der Waals surface area contributed by atoms with Crippen molar-refractivity contribution in [2.45, 2.75) is 19.6 Å². The van der Waals surface area contributed by atoms with E-state index < -0.39 is 6.10 Å². The number of aromatic nitrogens is 1. The van der Waals surface area contributed by atoms with Crippen molar-refractivity contribution in [3.05, 3.63) is 53.7 Å². The summed E-state index contributed by atoms with van der Waals surface area (Å²) in [6.07, 6.45) is 1.24. The van der Waals surface area contributed by atoms with Crippen LogP contribution in [0.3, 0.4) is 0 Å². The van der Waals surface area contributed by atoms with Crippen molar-refractivity contribution in [2.24, 2.45) is 0 Å². The summed E-state index contributed by atoms with van der Waals surface area (Å²) in [5, 5.41) is 9.62. The van der Waals surface area contributed by atoms with Gasteiger partial charge >= 0.3 is 0 Å². The summed E-state index contributed by atoms with van der Waals surface area (Å²) in [6, 6.07) is 11.7. The van der Waals surface area contributed by atoms with Crippen molar-refractivity contribution >= 4 is 5.82 Å². The highest BCUT2D eigenvalue weighted by molar-refractivity contribution is 5.42. The molecule has 0 fully saturated rings. The fourth-order valence-corrected chi connectivity index (χ4v) is 1.99. The van der Waals surface area contributed by atoms with Crippen LogP contribution in [0.2, 0.25) is 0 Å². The zero-order valence-corrected chi connectivity index (χ0v) is 12.1. The Morgan fingerprint density at radius 1 is 1.25 bits per heavy atom. The molecule has 0 saturated heterocycles. The van der Waals surface area contributed by atoms with Gasteiger partial charge in [-0.1, -0.05) is 12.1 Å². The Kier molecular flexibility index (Phi) is 4.58. The fraction of sp³-hybridized carbons (Fsp3) is 0.312. The van der Waals surface area contributed by atoms with Crippen molar-refractivity contribution in [3.8, 4) is 5.75 Å². The van der Waals surface area contributed by atoms with Crippen LogP contribution in [0.5, 0.6) is 5.75 Å². The number of rotatable bonds is 5. The van der Waals surface area contributed by atoms with E-state index in [0.29, 0.717) is 0 Å². The maximum Gasteiger partial charge on any atom is 0.128 e. The minimum Gasteiger partial charge on any atom is -0.497 e. The zero-order valence-electron chi connectivity index (χ0n) is 12.1. The van der Waals surface area contributed by atoms with Crippen LogP contribution in [0.4, 0.5) is 5.82 Å². The van der Waals surface area contributed by atoms with Gasteiger partial charge in [0.05, 0.1) is 13.2 Å². The average molecular weight is 272 g/mol. The third kappa shape index (κ3) is 3.48. The lowest BCUT2D eigenvalue weighted by molar-refractivity contribution is 0.199. The quantitative estimate of drug-likeness (QED) is 0.909. The van der Waals surface area contributed by atoms with E-state index in [1.807, 2.05) is 48.3 Å². The number of nitrogens with zero attached hydrogens (tertiary/aromatic N) is 2. The summed E-state index contributed by atoms with van der Waals surface area (Å²) in [7, 11) is 3.64. The first-order valence-electron chi connectivity index (χ1n) is 6.58. The van der Waals surface area contributed by atoms with Crippen molar-refractivity contribution in [1.82, 2.24) is 4.98 Å². The monoisotopic (exact) mass is 272 g/mol. The second-order valence-corrected chi connectivity index (χ2v) is 4.83. The van der Waals surface area contributed by atoms with Crippen LogP contribution in [0.15, 0.2) is 42.6 Å². The van der Waals surface area contributed by atoms with Gasteiger partial charge in [0.1, 0.15) is 11.6 Å². The number of aliphatic hydroxyl groups is 1. The molecule has 20 heavy (non-hydrogen) atoms. The molecule has 4 heteroatoms. The van der Waals surface area contributed by atoms with Crippen LogP contribution < -0.4 is 9.64 Å². The van der Waals surface area contributed by atoms with Gasteiger partial charge in [0.25, 0.3) is 0 Å². The predicted molar refractivity (Wildman–Crippen MR) is 80.0 cm³/mol. The smallest absolute Gasteiger partial charge is 0.128 e. The minimum absolute atomic E-state index is 0.480. The van der Waals surface area contributed by atoms with Crippen molar-refractivity contribution in [3.63, 3.8) is 0 Å². The van der Waals surface area contributed by atoms with Gasteiger partial charge in [-0.05, 0) is 42.3 Å². The van der Waals surface area contributed by atoms with Crippen LogP contribution in [-0.2, 0) is 6.54 Å². The molecule has 2 aromatic rings. The molecule has 0 unspecified atom stereocenters. The lowest BCUT2D eigenvalue weighted by Gasteiger charge is -2.19. The van der Waals surface area contributed by atoms with Gasteiger partial charge in [-0.3, -0.25) is 0 Å². The molecule has 4 nitrogen and oxygen atoms in total. The SMILES string of the molecule is COc1ccc(CN(C)c2cc([C@@H](C)O)ccn2)cc1. The minimum atomic E-state index is -0.480. The van der Waals surface area contributed by atoms with E-state index in [-0.39, 0.29) is 0 Å². The van der Waals surface area contributed by atoms with E-state index in [4.69, 9.17) is 4.74 Å². The maximum atomic E-state index is 9.62. The topological polar surface area (TPSA) is 45.6 Å². The van der Waals surface area contributed by atoms with Gasteiger partial charge in [-0.25, -0.2) is 4.98 Å². The highest BCUT2D eigenvalue weighted by Crippen LogP contribution is 2.19. The molecule has 1 N–H and O–H groups in total. The van der Waals surface area contributed by atoms with E-state index in [1.54, 1.807) is 20.2 Å². The molecule has 0 aliphatic heterocycles. The van der Waals surface area contributed by atoms with Crippen LogP contribution in [-0.4, -0.2) is 24.2 Å². The molecule has 0 aliphatic rings. The number of methoxy groups -OCH3 is 1. The lowest BCUT2D eigenvalue weighted by atomic mass is 10.1. The Hall–Kier alpha value is -2.07. The second-order valence-electron chi connectivity index (χ2n) is 4.83. The Morgan fingerprint density at radius 3 is 2.55 bits per heavy atom. The van der Waals surface area contributed by atoms with Crippen LogP contribution in [0, 0.1) is 0 Å². The summed E-state index contributed by atoms with van der Waals surface area (Å²) in [6.45, 7) is 2.50. The number of aliphatic hydroxyl groups excluding tert-OH is 1. The first-order chi connectivity index (χ1) is 9.60. The number of hydrogen-bond donors (Lipinski definition) is 1. The summed E-state index contributed by atoms with van der Waals surface area (Å²) in [5.74, 6) is 1.70. The van der Waals surface area contributed by atoms with Crippen LogP contribution in [0.25, 0.3) is 0 Å². The normalized spacial score (nSPS) is 12.0. The zero-order chi connectivity index (χ0) is 14.5. The van der Waals surface area contributed by atoms with E-state index in [9.17, 15) is 5.11 Å². The highest BCUT2D eigenvalue weighted by atomic mass is 16.5. The number of ether oxygens (including phenoxy) is 1. The second kappa shape index (κ2) is 6.39. The molecule has 0 amide bonds. The van der Waals surface area contributed by atoms with Gasteiger partial charge in [0.2, 0.25) is 0 Å². The molecule has 0 bridgehead atoms. The summed E-state index contributed by atoms with van der Waals surface area (Å²) < 4.78 is 5.15. The number of pyridine rings is 1. The predicted octanol–water partition coefficient (Wildman–Crippen LogP) is 2.78. The molecular weight excluding hydrogens is 252 g/mol. The molecule has 1 atom stereocenters. The maximum absolute atomic E-state index is 9.62. The summed E-state index contributed by atoms with van der Waals surface area (Å²) >= 11 is 0. The third-order valence-electron chi connectivity index (χ3n) is 3.22. The number of benzene rings is 1. The Bertz CT molecular complexity index is 553. The van der Waals surface area contributed by atoms with Gasteiger partial charge < -0.3 is 14.7 Å². The van der Waals surface area contributed by atoms with E-state index in [2.05, 4.69) is 4.98 Å². The standard InChI is InChI=1S/C16H20N2O2/c1-12(19)14-8-9-17-16(10-14)18(2)11-13-4-6-15(20-3)7-5-13/h4-10,12,19H,11H2,1-3H3/t12-/m1/s1.